The van der Waals surface area contributed by atoms with Crippen LogP contribution in [0, 0.1) is 5.92 Å². The zero-order valence-corrected chi connectivity index (χ0v) is 9.95. The van der Waals surface area contributed by atoms with E-state index in [4.69, 9.17) is 0 Å². The fourth-order valence-electron chi connectivity index (χ4n) is 2.15. The predicted molar refractivity (Wildman–Crippen MR) is 61.8 cm³/mol. The molecule has 3 heteroatoms. The van der Waals surface area contributed by atoms with Crippen LogP contribution in [0.2, 0.25) is 0 Å². The van der Waals surface area contributed by atoms with Gasteiger partial charge < -0.3 is 9.88 Å². The number of aromatic nitrogens is 2. The highest BCUT2D eigenvalue weighted by molar-refractivity contribution is 5.20. The Morgan fingerprint density at radius 3 is 3.13 bits per heavy atom. The van der Waals surface area contributed by atoms with Crippen LogP contribution in [0.15, 0.2) is 6.33 Å². The number of nitrogens with zero attached hydrogens (tertiary/aromatic N) is 2. The number of hydrogen-bond acceptors (Lipinski definition) is 2. The van der Waals surface area contributed by atoms with Gasteiger partial charge in [-0.05, 0) is 19.3 Å². The highest BCUT2D eigenvalue weighted by Crippen LogP contribution is 2.21. The minimum atomic E-state index is 0.425. The number of rotatable bonds is 3. The van der Waals surface area contributed by atoms with Crippen molar-refractivity contribution in [2.24, 2.45) is 5.92 Å². The molecule has 0 saturated heterocycles. The van der Waals surface area contributed by atoms with E-state index in [-0.39, 0.29) is 0 Å². The topological polar surface area (TPSA) is 29.9 Å². The van der Waals surface area contributed by atoms with Crippen molar-refractivity contribution in [3.63, 3.8) is 0 Å². The van der Waals surface area contributed by atoms with Crippen LogP contribution in [-0.2, 0) is 13.0 Å². The van der Waals surface area contributed by atoms with Gasteiger partial charge in [0.1, 0.15) is 0 Å². The van der Waals surface area contributed by atoms with E-state index in [1.807, 2.05) is 6.33 Å². The first-order valence-electron chi connectivity index (χ1n) is 5.95. The molecule has 0 aliphatic carbocycles. The minimum absolute atomic E-state index is 0.425. The summed E-state index contributed by atoms with van der Waals surface area (Å²) in [5, 5.41) is 3.44. The van der Waals surface area contributed by atoms with Crippen molar-refractivity contribution in [3.8, 4) is 0 Å². The maximum absolute atomic E-state index is 4.52. The fourth-order valence-corrected chi connectivity index (χ4v) is 2.15. The molecule has 0 aromatic carbocycles. The van der Waals surface area contributed by atoms with Crippen molar-refractivity contribution in [1.29, 1.82) is 0 Å². The van der Waals surface area contributed by atoms with Crippen molar-refractivity contribution in [1.82, 2.24) is 14.9 Å². The van der Waals surface area contributed by atoms with Crippen LogP contribution in [0.4, 0.5) is 0 Å². The summed E-state index contributed by atoms with van der Waals surface area (Å²) < 4.78 is 2.34. The molecule has 84 valence electrons. The second-order valence-electron chi connectivity index (χ2n) is 4.88. The monoisotopic (exact) mass is 207 g/mol. The van der Waals surface area contributed by atoms with Crippen LogP contribution >= 0.6 is 0 Å². The Hall–Kier alpha value is -0.830. The summed E-state index contributed by atoms with van der Waals surface area (Å²) in [6, 6.07) is 0.425. The highest BCUT2D eigenvalue weighted by Gasteiger charge is 2.20. The molecular weight excluding hydrogens is 186 g/mol. The van der Waals surface area contributed by atoms with Crippen molar-refractivity contribution in [3.05, 3.63) is 17.7 Å². The molecule has 0 spiro atoms. The van der Waals surface area contributed by atoms with Gasteiger partial charge in [-0.1, -0.05) is 13.8 Å². The van der Waals surface area contributed by atoms with E-state index >= 15 is 0 Å². The summed E-state index contributed by atoms with van der Waals surface area (Å²) in [4.78, 5) is 4.52. The molecule has 1 aliphatic rings. The number of imidazole rings is 1. The Bertz CT molecular complexity index is 328. The predicted octanol–water partition coefficient (Wildman–Crippen LogP) is 2.14. The van der Waals surface area contributed by atoms with Gasteiger partial charge in [0.2, 0.25) is 0 Å². The Morgan fingerprint density at radius 2 is 2.40 bits per heavy atom. The molecule has 2 heterocycles. The van der Waals surface area contributed by atoms with E-state index in [1.54, 1.807) is 0 Å². The van der Waals surface area contributed by atoms with Crippen LogP contribution in [0.5, 0.6) is 0 Å². The average molecular weight is 207 g/mol. The zero-order chi connectivity index (χ0) is 10.8. The summed E-state index contributed by atoms with van der Waals surface area (Å²) >= 11 is 0. The molecule has 1 aliphatic heterocycles. The molecule has 1 aromatic rings. The molecule has 0 saturated carbocycles. The first-order valence-corrected chi connectivity index (χ1v) is 5.95. The van der Waals surface area contributed by atoms with Gasteiger partial charge in [-0.25, -0.2) is 4.98 Å². The summed E-state index contributed by atoms with van der Waals surface area (Å²) in [7, 11) is 0. The number of nitrogens with one attached hydrogen (secondary N) is 1. The highest BCUT2D eigenvalue weighted by atomic mass is 15.1. The lowest BCUT2D eigenvalue weighted by Gasteiger charge is -2.21. The third kappa shape index (κ3) is 2.23. The molecule has 0 bridgehead atoms. The second-order valence-corrected chi connectivity index (χ2v) is 4.88. The van der Waals surface area contributed by atoms with E-state index in [0.717, 1.165) is 25.4 Å². The van der Waals surface area contributed by atoms with E-state index in [1.165, 1.54) is 17.8 Å². The Morgan fingerprint density at radius 1 is 1.60 bits per heavy atom. The molecule has 1 unspecified atom stereocenters. The van der Waals surface area contributed by atoms with Crippen molar-refractivity contribution in [2.75, 3.05) is 6.54 Å². The minimum Gasteiger partial charge on any atom is -0.334 e. The van der Waals surface area contributed by atoms with Gasteiger partial charge in [-0.2, -0.15) is 0 Å². The van der Waals surface area contributed by atoms with E-state index in [2.05, 4.69) is 35.6 Å². The maximum atomic E-state index is 4.52. The molecule has 1 atom stereocenters. The third-order valence-electron chi connectivity index (χ3n) is 3.15. The fraction of sp³-hybridized carbons (Fsp3) is 0.750. The van der Waals surface area contributed by atoms with Crippen molar-refractivity contribution in [2.45, 2.75) is 46.2 Å². The molecule has 1 N–H and O–H groups in total. The number of hydrogen-bond donors (Lipinski definition) is 1. The lowest BCUT2D eigenvalue weighted by molar-refractivity contribution is 0.481. The summed E-state index contributed by atoms with van der Waals surface area (Å²) in [5.41, 5.74) is 2.70. The molecular formula is C12H21N3. The van der Waals surface area contributed by atoms with E-state index in [9.17, 15) is 0 Å². The van der Waals surface area contributed by atoms with Gasteiger partial charge in [-0.15, -0.1) is 0 Å². The summed E-state index contributed by atoms with van der Waals surface area (Å²) in [6.45, 7) is 8.94. The zero-order valence-electron chi connectivity index (χ0n) is 9.95. The Labute approximate surface area is 91.9 Å². The number of aryl methyl sites for hydroxylation is 1. The average Bonchev–Trinajstić information content (AvgIpc) is 2.59. The number of fused-ring (bicyclic) bond motifs is 1. The molecule has 0 radical (unpaired) electrons. The molecule has 1 aromatic heterocycles. The van der Waals surface area contributed by atoms with Gasteiger partial charge in [0, 0.05) is 31.2 Å². The standard InChI is InChI=1S/C12H21N3/c1-9(2)5-7-15-8-14-12-10(3)13-6-4-11(12)15/h8-10,13H,4-7H2,1-3H3. The normalized spacial score (nSPS) is 20.7. The van der Waals surface area contributed by atoms with Crippen LogP contribution in [0.3, 0.4) is 0 Å². The molecule has 2 rings (SSSR count). The summed E-state index contributed by atoms with van der Waals surface area (Å²) in [6.07, 6.45) is 4.37. The van der Waals surface area contributed by atoms with Crippen molar-refractivity contribution < 1.29 is 0 Å². The van der Waals surface area contributed by atoms with E-state index in [0.29, 0.717) is 6.04 Å². The van der Waals surface area contributed by atoms with E-state index < -0.39 is 0 Å². The Kier molecular flexibility index (Phi) is 3.10. The van der Waals surface area contributed by atoms with Crippen LogP contribution in [0.25, 0.3) is 0 Å². The lowest BCUT2D eigenvalue weighted by Crippen LogP contribution is -2.29. The van der Waals surface area contributed by atoms with Gasteiger partial charge in [0.25, 0.3) is 0 Å². The molecule has 3 nitrogen and oxygen atoms in total. The second kappa shape index (κ2) is 4.35. The van der Waals surface area contributed by atoms with Gasteiger partial charge in [-0.3, -0.25) is 0 Å². The first kappa shape index (κ1) is 10.7. The third-order valence-corrected chi connectivity index (χ3v) is 3.15. The van der Waals surface area contributed by atoms with Gasteiger partial charge >= 0.3 is 0 Å². The Balaban J connectivity index is 2.12. The van der Waals surface area contributed by atoms with Gasteiger partial charge in [0.15, 0.2) is 0 Å². The first-order chi connectivity index (χ1) is 7.18. The molecule has 0 amide bonds. The van der Waals surface area contributed by atoms with Crippen LogP contribution in [-0.4, -0.2) is 16.1 Å². The maximum Gasteiger partial charge on any atom is 0.0952 e. The molecule has 15 heavy (non-hydrogen) atoms. The quantitative estimate of drug-likeness (QED) is 0.823. The smallest absolute Gasteiger partial charge is 0.0952 e. The van der Waals surface area contributed by atoms with Crippen LogP contribution in [0.1, 0.15) is 44.6 Å². The lowest BCUT2D eigenvalue weighted by atomic mass is 10.1. The van der Waals surface area contributed by atoms with Crippen molar-refractivity contribution >= 4 is 0 Å². The summed E-state index contributed by atoms with van der Waals surface area (Å²) in [5.74, 6) is 0.766. The van der Waals surface area contributed by atoms with Gasteiger partial charge in [0.05, 0.1) is 12.0 Å². The largest absolute Gasteiger partial charge is 0.334 e. The molecule has 0 fully saturated rings. The SMILES string of the molecule is CC(C)CCn1cnc2c1CCNC2C. The van der Waals surface area contributed by atoms with Crippen LogP contribution < -0.4 is 5.32 Å².